The van der Waals surface area contributed by atoms with Crippen LogP contribution < -0.4 is 10.4 Å². The molecular formula is C12H16ClN3O3. The van der Waals surface area contributed by atoms with Crippen LogP contribution in [0.1, 0.15) is 5.56 Å². The quantitative estimate of drug-likeness (QED) is 0.399. The Morgan fingerprint density at radius 2 is 2.16 bits per heavy atom. The van der Waals surface area contributed by atoms with Gasteiger partial charge in [0.15, 0.2) is 0 Å². The van der Waals surface area contributed by atoms with Crippen molar-refractivity contribution in [2.75, 3.05) is 25.0 Å². The molecule has 0 unspecified atom stereocenters. The van der Waals surface area contributed by atoms with Gasteiger partial charge in [0.25, 0.3) is 5.90 Å². The molecule has 0 fully saturated rings. The van der Waals surface area contributed by atoms with Crippen LogP contribution in [0, 0.1) is 6.92 Å². The Kier molecular flexibility index (Phi) is 6.11. The smallest absolute Gasteiger partial charge is 0.396 e. The first-order chi connectivity index (χ1) is 9.13. The van der Waals surface area contributed by atoms with Gasteiger partial charge in [-0.25, -0.2) is 15.2 Å². The minimum Gasteiger partial charge on any atom is -0.396 e. The van der Waals surface area contributed by atoms with Crippen molar-refractivity contribution in [3.05, 3.63) is 29.8 Å². The number of hydrogen-bond acceptors (Lipinski definition) is 5. The molecule has 1 aromatic carbocycles. The van der Waals surface area contributed by atoms with Gasteiger partial charge < -0.3 is 9.57 Å². The fourth-order valence-electron chi connectivity index (χ4n) is 1.44. The summed E-state index contributed by atoms with van der Waals surface area (Å²) >= 11 is 5.59. The molecule has 0 spiro atoms. The monoisotopic (exact) mass is 285 g/mol. The minimum absolute atomic E-state index is 0.0111. The predicted octanol–water partition coefficient (Wildman–Crippen LogP) is 2.27. The molecule has 1 N–H and O–H groups in total. The molecule has 1 amide bonds. The first-order valence-electron chi connectivity index (χ1n) is 5.55. The second kappa shape index (κ2) is 7.60. The number of para-hydroxylation sites is 1. The lowest BCUT2D eigenvalue weighted by Gasteiger charge is -2.22. The highest BCUT2D eigenvalue weighted by Crippen LogP contribution is 2.18. The molecule has 1 rings (SSSR count). The lowest BCUT2D eigenvalue weighted by molar-refractivity contribution is 0.182. The van der Waals surface area contributed by atoms with Gasteiger partial charge in [-0.2, -0.15) is 0 Å². The van der Waals surface area contributed by atoms with E-state index >= 15 is 0 Å². The molecule has 19 heavy (non-hydrogen) atoms. The summed E-state index contributed by atoms with van der Waals surface area (Å²) in [6.45, 7) is 1.89. The second-order valence-electron chi connectivity index (χ2n) is 3.51. The standard InChI is InChI=1S/C12H16ClN3O3/c1-9-6-4-5-7-10(9)16(14-2)12(17)19-11(8-13)15-18-3/h4-7,14H,8H2,1-3H3. The number of carbonyl (C=O) groups is 1. The summed E-state index contributed by atoms with van der Waals surface area (Å²) in [6.07, 6.45) is -0.645. The van der Waals surface area contributed by atoms with Gasteiger partial charge in [0.2, 0.25) is 0 Å². The average Bonchev–Trinajstić information content (AvgIpc) is 2.41. The topological polar surface area (TPSA) is 63.2 Å². The number of hydrazine groups is 1. The Labute approximate surface area is 116 Å². The van der Waals surface area contributed by atoms with E-state index in [0.717, 1.165) is 5.56 Å². The van der Waals surface area contributed by atoms with Crippen LogP contribution in [0.15, 0.2) is 29.4 Å². The summed E-state index contributed by atoms with van der Waals surface area (Å²) in [7, 11) is 2.96. The summed E-state index contributed by atoms with van der Waals surface area (Å²) < 4.78 is 5.02. The molecule has 0 bridgehead atoms. The molecule has 0 saturated carbocycles. The number of halogens is 1. The Morgan fingerprint density at radius 3 is 2.68 bits per heavy atom. The molecule has 0 heterocycles. The first kappa shape index (κ1) is 15.3. The zero-order valence-corrected chi connectivity index (χ0v) is 11.8. The molecule has 7 heteroatoms. The van der Waals surface area contributed by atoms with Crippen molar-refractivity contribution in [3.8, 4) is 0 Å². The van der Waals surface area contributed by atoms with Crippen molar-refractivity contribution in [2.24, 2.45) is 5.16 Å². The Balaban J connectivity index is 2.89. The van der Waals surface area contributed by atoms with Crippen LogP contribution in [0.3, 0.4) is 0 Å². The SMILES string of the molecule is CNN(C(=O)OC(CCl)=NOC)c1ccccc1C. The predicted molar refractivity (Wildman–Crippen MR) is 74.4 cm³/mol. The van der Waals surface area contributed by atoms with Gasteiger partial charge in [-0.1, -0.05) is 23.4 Å². The molecule has 0 radical (unpaired) electrons. The van der Waals surface area contributed by atoms with Gasteiger partial charge in [0.1, 0.15) is 13.0 Å². The number of nitrogens with zero attached hydrogens (tertiary/aromatic N) is 2. The highest BCUT2D eigenvalue weighted by atomic mass is 35.5. The van der Waals surface area contributed by atoms with Gasteiger partial charge >= 0.3 is 6.09 Å². The molecule has 0 aliphatic heterocycles. The van der Waals surface area contributed by atoms with Crippen molar-refractivity contribution >= 4 is 29.3 Å². The Bertz CT molecular complexity index is 465. The average molecular weight is 286 g/mol. The molecule has 1 aromatic rings. The largest absolute Gasteiger partial charge is 0.435 e. The van der Waals surface area contributed by atoms with Crippen LogP contribution in [0.25, 0.3) is 0 Å². The zero-order chi connectivity index (χ0) is 14.3. The van der Waals surface area contributed by atoms with Gasteiger partial charge in [-0.15, -0.1) is 11.6 Å². The lowest BCUT2D eigenvalue weighted by Crippen LogP contribution is -2.42. The minimum atomic E-state index is -0.645. The van der Waals surface area contributed by atoms with Gasteiger partial charge in [-0.05, 0) is 18.6 Å². The Morgan fingerprint density at radius 1 is 1.47 bits per heavy atom. The van der Waals surface area contributed by atoms with Gasteiger partial charge in [-0.3, -0.25) is 0 Å². The highest BCUT2D eigenvalue weighted by molar-refractivity contribution is 6.28. The maximum absolute atomic E-state index is 12.0. The second-order valence-corrected chi connectivity index (χ2v) is 3.78. The summed E-state index contributed by atoms with van der Waals surface area (Å²) in [5, 5.41) is 4.76. The fraction of sp³-hybridized carbons (Fsp3) is 0.333. The number of hydrogen-bond donors (Lipinski definition) is 1. The number of aryl methyl sites for hydroxylation is 1. The van der Waals surface area contributed by atoms with Crippen LogP contribution in [-0.4, -0.2) is 32.0 Å². The van der Waals surface area contributed by atoms with Gasteiger partial charge in [0.05, 0.1) is 5.69 Å². The lowest BCUT2D eigenvalue weighted by atomic mass is 10.2. The zero-order valence-electron chi connectivity index (χ0n) is 11.0. The van der Waals surface area contributed by atoms with E-state index in [-0.39, 0.29) is 11.8 Å². The van der Waals surface area contributed by atoms with Crippen LogP contribution in [-0.2, 0) is 9.57 Å². The van der Waals surface area contributed by atoms with E-state index < -0.39 is 6.09 Å². The molecule has 0 aliphatic rings. The third-order valence-corrected chi connectivity index (χ3v) is 2.50. The summed E-state index contributed by atoms with van der Waals surface area (Å²) in [6, 6.07) is 7.39. The summed E-state index contributed by atoms with van der Waals surface area (Å²) in [4.78, 5) is 16.5. The van der Waals surface area contributed by atoms with Gasteiger partial charge in [0, 0.05) is 7.05 Å². The number of anilines is 1. The maximum atomic E-state index is 12.0. The van der Waals surface area contributed by atoms with Crippen molar-refractivity contribution in [1.82, 2.24) is 5.43 Å². The number of amides is 1. The fourth-order valence-corrected chi connectivity index (χ4v) is 1.55. The maximum Gasteiger partial charge on any atom is 0.435 e. The van der Waals surface area contributed by atoms with Crippen molar-refractivity contribution in [2.45, 2.75) is 6.92 Å². The number of benzene rings is 1. The van der Waals surface area contributed by atoms with Crippen LogP contribution >= 0.6 is 11.6 Å². The number of alkyl halides is 1. The molecule has 0 atom stereocenters. The van der Waals surface area contributed by atoms with Crippen molar-refractivity contribution in [3.63, 3.8) is 0 Å². The highest BCUT2D eigenvalue weighted by Gasteiger charge is 2.19. The van der Waals surface area contributed by atoms with E-state index in [2.05, 4.69) is 15.4 Å². The molecule has 6 nitrogen and oxygen atoms in total. The van der Waals surface area contributed by atoms with E-state index in [0.29, 0.717) is 5.69 Å². The molecule has 0 aliphatic carbocycles. The number of carbonyl (C=O) groups excluding carboxylic acids is 1. The first-order valence-corrected chi connectivity index (χ1v) is 6.08. The van der Waals surface area contributed by atoms with E-state index in [9.17, 15) is 4.79 Å². The normalized spacial score (nSPS) is 11.1. The molecule has 0 aromatic heterocycles. The molecular weight excluding hydrogens is 270 g/mol. The Hall–Kier alpha value is -1.79. The van der Waals surface area contributed by atoms with E-state index in [1.807, 2.05) is 25.1 Å². The van der Waals surface area contributed by atoms with Crippen LogP contribution in [0.2, 0.25) is 0 Å². The number of oxime groups is 1. The van der Waals surface area contributed by atoms with E-state index in [4.69, 9.17) is 16.3 Å². The van der Waals surface area contributed by atoms with E-state index in [1.54, 1.807) is 13.1 Å². The third kappa shape index (κ3) is 4.11. The number of rotatable bonds is 4. The van der Waals surface area contributed by atoms with Crippen LogP contribution in [0.4, 0.5) is 10.5 Å². The van der Waals surface area contributed by atoms with E-state index in [1.165, 1.54) is 12.1 Å². The summed E-state index contributed by atoms with van der Waals surface area (Å²) in [5.41, 5.74) is 4.35. The van der Waals surface area contributed by atoms with Crippen molar-refractivity contribution in [1.29, 1.82) is 0 Å². The number of ether oxygens (including phenoxy) is 1. The van der Waals surface area contributed by atoms with Crippen molar-refractivity contribution < 1.29 is 14.4 Å². The molecule has 0 saturated heterocycles. The van der Waals surface area contributed by atoms with Crippen LogP contribution in [0.5, 0.6) is 0 Å². The summed E-state index contributed by atoms with van der Waals surface area (Å²) in [5.74, 6) is -0.0757. The third-order valence-electron chi connectivity index (χ3n) is 2.28. The number of nitrogens with one attached hydrogen (secondary N) is 1. The molecule has 104 valence electrons.